The summed E-state index contributed by atoms with van der Waals surface area (Å²) in [5.41, 5.74) is 5.23. The fourth-order valence-electron chi connectivity index (χ4n) is 5.23. The molecule has 8 nitrogen and oxygen atoms in total. The molecule has 4 N–H and O–H groups in total. The second-order valence-electron chi connectivity index (χ2n) is 11.6. The average Bonchev–Trinajstić information content (AvgIpc) is 3.12. The Hall–Kier alpha value is -6.02. The van der Waals surface area contributed by atoms with Crippen molar-refractivity contribution in [3.8, 4) is 34.5 Å². The zero-order valence-corrected chi connectivity index (χ0v) is 29.9. The summed E-state index contributed by atoms with van der Waals surface area (Å²) in [6, 6.07) is 15.8. The molecule has 0 spiro atoms. The Balaban J connectivity index is 0.000000281. The molecule has 8 heteroatoms. The minimum absolute atomic E-state index is 0.102. The molecular formula is C43H46O8. The number of carbonyl (C=O) groups excluding carboxylic acids is 2. The Morgan fingerprint density at radius 2 is 1.12 bits per heavy atom. The molecule has 4 rings (SSSR count). The Labute approximate surface area is 300 Å². The van der Waals surface area contributed by atoms with Crippen molar-refractivity contribution in [1.29, 1.82) is 0 Å². The normalized spacial score (nSPS) is 11.3. The number of aromatic hydroxyl groups is 4. The van der Waals surface area contributed by atoms with Crippen LogP contribution in [0.3, 0.4) is 0 Å². The van der Waals surface area contributed by atoms with Crippen molar-refractivity contribution in [3.63, 3.8) is 0 Å². The Morgan fingerprint density at radius 3 is 1.57 bits per heavy atom. The topological polar surface area (TPSA) is 134 Å². The third-order valence-electron chi connectivity index (χ3n) is 7.85. The molecule has 4 aromatic carbocycles. The van der Waals surface area contributed by atoms with Crippen molar-refractivity contribution < 1.29 is 39.5 Å². The maximum atomic E-state index is 12.4. The molecular weight excluding hydrogens is 644 g/mol. The molecule has 0 aliphatic carbocycles. The van der Waals surface area contributed by atoms with Gasteiger partial charge in [-0.3, -0.25) is 9.59 Å². The van der Waals surface area contributed by atoms with Gasteiger partial charge >= 0.3 is 0 Å². The van der Waals surface area contributed by atoms with Crippen LogP contribution in [-0.4, -0.2) is 45.7 Å². The van der Waals surface area contributed by atoms with E-state index < -0.39 is 0 Å². The van der Waals surface area contributed by atoms with Gasteiger partial charge in [-0.25, -0.2) is 0 Å². The number of aryl methyl sites for hydroxylation is 2. The van der Waals surface area contributed by atoms with Gasteiger partial charge in [0.1, 0.15) is 34.5 Å². The van der Waals surface area contributed by atoms with Gasteiger partial charge in [-0.2, -0.15) is 0 Å². The zero-order chi connectivity index (χ0) is 37.5. The first-order valence-corrected chi connectivity index (χ1v) is 16.6. The molecule has 0 bridgehead atoms. The Morgan fingerprint density at radius 1 is 0.647 bits per heavy atom. The van der Waals surface area contributed by atoms with Crippen LogP contribution in [-0.2, 0) is 12.8 Å². The number of hydrogen-bond donors (Lipinski definition) is 4. The Kier molecular flexibility index (Phi) is 14.9. The summed E-state index contributed by atoms with van der Waals surface area (Å²) in [6.45, 7) is 9.92. The number of phenolic OH excluding ortho intramolecular Hbond substituents is 4. The number of ether oxygens (including phenoxy) is 2. The predicted octanol–water partition coefficient (Wildman–Crippen LogP) is 9.25. The third-order valence-corrected chi connectivity index (χ3v) is 7.85. The van der Waals surface area contributed by atoms with E-state index in [-0.39, 0.29) is 34.6 Å². The van der Waals surface area contributed by atoms with Gasteiger partial charge in [0.05, 0.1) is 24.8 Å². The van der Waals surface area contributed by atoms with Gasteiger partial charge in [0, 0.05) is 11.1 Å². The van der Waals surface area contributed by atoms with Crippen molar-refractivity contribution in [2.45, 2.75) is 47.5 Å². The van der Waals surface area contributed by atoms with Crippen LogP contribution < -0.4 is 9.47 Å². The molecule has 0 saturated heterocycles. The molecule has 0 fully saturated rings. The molecule has 0 unspecified atom stereocenters. The lowest BCUT2D eigenvalue weighted by atomic mass is 9.97. The smallest absolute Gasteiger partial charge is 0.185 e. The summed E-state index contributed by atoms with van der Waals surface area (Å²) in [7, 11) is 1.55. The van der Waals surface area contributed by atoms with Gasteiger partial charge in [0.25, 0.3) is 0 Å². The Bertz CT molecular complexity index is 1930. The quantitative estimate of drug-likeness (QED) is 0.0620. The molecule has 0 aliphatic rings. The number of carbonyl (C=O) groups is 2. The standard InChI is InChI=1S/C24H26O4.C19H20O4/c1-4-6-8-18-16-19(9-7-5-2)24(28-3)21(23(18)27)14-15-22(26)17-10-12-20(25)13-11-17;1-4-23-19-13(3)11-12(2)18(22)16(19)9-10-17(21)14-5-7-15(20)8-6-14/h4-7,10-16,25,27H,8-9H2,1-3H3;5-11,20,22H,4H2,1-3H3. The van der Waals surface area contributed by atoms with Gasteiger partial charge in [-0.15, -0.1) is 0 Å². The van der Waals surface area contributed by atoms with Crippen LogP contribution in [0, 0.1) is 13.8 Å². The van der Waals surface area contributed by atoms with Gasteiger partial charge < -0.3 is 29.9 Å². The predicted molar refractivity (Wildman–Crippen MR) is 203 cm³/mol. The number of methoxy groups -OCH3 is 1. The molecule has 0 atom stereocenters. The zero-order valence-electron chi connectivity index (χ0n) is 29.9. The fourth-order valence-corrected chi connectivity index (χ4v) is 5.23. The second-order valence-corrected chi connectivity index (χ2v) is 11.6. The van der Waals surface area contributed by atoms with E-state index in [1.165, 1.54) is 36.4 Å². The molecule has 0 aromatic heterocycles. The van der Waals surface area contributed by atoms with Crippen LogP contribution in [0.4, 0.5) is 0 Å². The van der Waals surface area contributed by atoms with Crippen molar-refractivity contribution in [3.05, 3.63) is 142 Å². The number of phenols is 4. The molecule has 0 radical (unpaired) electrons. The fraction of sp³-hybridized carbons (Fsp3) is 0.209. The molecule has 4 aromatic rings. The maximum Gasteiger partial charge on any atom is 0.185 e. The van der Waals surface area contributed by atoms with E-state index >= 15 is 0 Å². The van der Waals surface area contributed by atoms with E-state index in [1.54, 1.807) is 50.5 Å². The number of allylic oxidation sites excluding steroid dienone is 6. The van der Waals surface area contributed by atoms with Crippen LogP contribution in [0.2, 0.25) is 0 Å². The first-order chi connectivity index (χ1) is 24.4. The van der Waals surface area contributed by atoms with Crippen molar-refractivity contribution >= 4 is 23.7 Å². The van der Waals surface area contributed by atoms with Gasteiger partial charge in [-0.1, -0.05) is 24.3 Å². The van der Waals surface area contributed by atoms with Gasteiger partial charge in [-0.05, 0) is 155 Å². The summed E-state index contributed by atoms with van der Waals surface area (Å²) >= 11 is 0. The van der Waals surface area contributed by atoms with Crippen LogP contribution in [0.25, 0.3) is 12.2 Å². The van der Waals surface area contributed by atoms with E-state index in [0.717, 1.165) is 22.3 Å². The maximum absolute atomic E-state index is 12.4. The molecule has 51 heavy (non-hydrogen) atoms. The molecule has 0 aliphatic heterocycles. The van der Waals surface area contributed by atoms with E-state index in [2.05, 4.69) is 0 Å². The molecule has 0 heterocycles. The van der Waals surface area contributed by atoms with Crippen molar-refractivity contribution in [2.75, 3.05) is 13.7 Å². The first kappa shape index (κ1) is 39.4. The van der Waals surface area contributed by atoms with Crippen LogP contribution in [0.1, 0.15) is 74.9 Å². The lowest BCUT2D eigenvalue weighted by Crippen LogP contribution is -1.99. The highest BCUT2D eigenvalue weighted by atomic mass is 16.5. The largest absolute Gasteiger partial charge is 0.508 e. The van der Waals surface area contributed by atoms with Crippen LogP contribution in [0.15, 0.2) is 97.1 Å². The highest BCUT2D eigenvalue weighted by Crippen LogP contribution is 2.38. The summed E-state index contributed by atoms with van der Waals surface area (Å²) in [6.07, 6.45) is 15.1. The van der Waals surface area contributed by atoms with Crippen molar-refractivity contribution in [2.24, 2.45) is 0 Å². The van der Waals surface area contributed by atoms with Crippen LogP contribution >= 0.6 is 0 Å². The summed E-state index contributed by atoms with van der Waals surface area (Å²) < 4.78 is 11.2. The minimum atomic E-state index is -0.227. The summed E-state index contributed by atoms with van der Waals surface area (Å²) in [4.78, 5) is 24.6. The lowest BCUT2D eigenvalue weighted by Gasteiger charge is -2.15. The molecule has 0 saturated carbocycles. The minimum Gasteiger partial charge on any atom is -0.508 e. The summed E-state index contributed by atoms with van der Waals surface area (Å²) in [5.74, 6) is 1.10. The number of hydrogen-bond acceptors (Lipinski definition) is 8. The van der Waals surface area contributed by atoms with Gasteiger partial charge in [0.2, 0.25) is 0 Å². The van der Waals surface area contributed by atoms with Gasteiger partial charge in [0.15, 0.2) is 11.6 Å². The first-order valence-electron chi connectivity index (χ1n) is 16.6. The number of rotatable bonds is 13. The van der Waals surface area contributed by atoms with E-state index in [1.807, 2.05) is 64.1 Å². The van der Waals surface area contributed by atoms with Crippen LogP contribution in [0.5, 0.6) is 34.5 Å². The van der Waals surface area contributed by atoms with Crippen molar-refractivity contribution in [1.82, 2.24) is 0 Å². The second kappa shape index (κ2) is 19.2. The SMILES string of the molecule is CC=CCc1cc(CC=CC)c(OC)c(C=CC(=O)c2ccc(O)cc2)c1O.CCOc1c(C)cc(C)c(O)c1C=CC(=O)c1ccc(O)cc1. The molecule has 266 valence electrons. The lowest BCUT2D eigenvalue weighted by molar-refractivity contribution is 0.103. The monoisotopic (exact) mass is 690 g/mol. The van der Waals surface area contributed by atoms with E-state index in [4.69, 9.17) is 9.47 Å². The summed E-state index contributed by atoms with van der Waals surface area (Å²) in [5, 5.41) is 39.7. The van der Waals surface area contributed by atoms with E-state index in [9.17, 15) is 30.0 Å². The highest BCUT2D eigenvalue weighted by molar-refractivity contribution is 6.08. The average molecular weight is 691 g/mol. The number of ketones is 2. The number of benzene rings is 4. The van der Waals surface area contributed by atoms with E-state index in [0.29, 0.717) is 53.2 Å². The molecule has 0 amide bonds. The highest BCUT2D eigenvalue weighted by Gasteiger charge is 2.17. The third kappa shape index (κ3) is 10.7.